The van der Waals surface area contributed by atoms with E-state index in [4.69, 9.17) is 21.2 Å². The molecule has 5 aromatic rings. The van der Waals surface area contributed by atoms with E-state index in [-0.39, 0.29) is 11.8 Å². The molecule has 0 fully saturated rings. The number of carbonyl (C=O) groups excluding carboxylic acids is 2. The van der Waals surface area contributed by atoms with Crippen LogP contribution in [0.1, 0.15) is 81.8 Å². The van der Waals surface area contributed by atoms with Gasteiger partial charge in [0.05, 0.1) is 0 Å². The molecule has 0 saturated carbocycles. The first-order valence-electron chi connectivity index (χ1n) is 18.0. The number of ether oxygens (including phenoxy) is 2. The highest BCUT2D eigenvalue weighted by atomic mass is 16.5. The third-order valence-electron chi connectivity index (χ3n) is 11.5. The largest absolute Gasteiger partial charge is 0.456 e. The highest BCUT2D eigenvalue weighted by molar-refractivity contribution is 6.03. The van der Waals surface area contributed by atoms with Crippen LogP contribution in [0, 0.1) is 0 Å². The van der Waals surface area contributed by atoms with Crippen LogP contribution in [0.3, 0.4) is 0 Å². The summed E-state index contributed by atoms with van der Waals surface area (Å²) < 4.78 is 13.7. The second-order valence-electron chi connectivity index (χ2n) is 13.6. The molecule has 2 atom stereocenters. The van der Waals surface area contributed by atoms with Gasteiger partial charge in [-0.05, 0) is 58.0 Å². The van der Waals surface area contributed by atoms with Crippen LogP contribution in [0.15, 0.2) is 97.1 Å². The average molecular weight is 693 g/mol. The molecular weight excluding hydrogens is 652 g/mol. The summed E-state index contributed by atoms with van der Waals surface area (Å²) in [6, 6.07) is 31.1. The molecule has 262 valence electrons. The van der Waals surface area contributed by atoms with Gasteiger partial charge in [0.15, 0.2) is 0 Å². The lowest BCUT2D eigenvalue weighted by Crippen LogP contribution is -2.53. The Kier molecular flexibility index (Phi) is 6.99. The molecule has 2 spiro atoms. The van der Waals surface area contributed by atoms with Gasteiger partial charge < -0.3 is 19.3 Å². The van der Waals surface area contributed by atoms with E-state index in [9.17, 15) is 9.59 Å². The maximum absolute atomic E-state index is 14.1. The molecule has 0 bridgehead atoms. The van der Waals surface area contributed by atoms with Crippen molar-refractivity contribution in [3.8, 4) is 23.0 Å². The van der Waals surface area contributed by atoms with Crippen LogP contribution in [0.25, 0.3) is 0 Å². The molecule has 2 unspecified atom stereocenters. The van der Waals surface area contributed by atoms with Crippen molar-refractivity contribution >= 4 is 23.2 Å². The summed E-state index contributed by atoms with van der Waals surface area (Å²) in [6.07, 6.45) is 0. The van der Waals surface area contributed by atoms with Gasteiger partial charge in [0, 0.05) is 100 Å². The summed E-state index contributed by atoms with van der Waals surface area (Å²) in [6.45, 7) is 11.7. The zero-order chi connectivity index (χ0) is 36.1. The summed E-state index contributed by atoms with van der Waals surface area (Å²) in [5, 5.41) is 2.66. The van der Waals surface area contributed by atoms with Crippen molar-refractivity contribution in [3.63, 3.8) is 0 Å². The number of nitrogens with two attached hydrogens (primary N) is 2. The third-order valence-corrected chi connectivity index (χ3v) is 11.5. The van der Waals surface area contributed by atoms with E-state index in [0.717, 1.165) is 59.8 Å². The number of hydrazine groups is 2. The van der Waals surface area contributed by atoms with Gasteiger partial charge in [0.1, 0.15) is 34.1 Å². The Hall–Kier alpha value is -5.84. The normalized spacial score (nSPS) is 20.1. The van der Waals surface area contributed by atoms with Crippen LogP contribution in [-0.4, -0.2) is 48.0 Å². The zero-order valence-corrected chi connectivity index (χ0v) is 29.6. The number of rotatable bonds is 6. The second-order valence-corrected chi connectivity index (χ2v) is 13.6. The van der Waals surface area contributed by atoms with E-state index >= 15 is 0 Å². The van der Waals surface area contributed by atoms with E-state index in [1.54, 1.807) is 0 Å². The van der Waals surface area contributed by atoms with E-state index in [1.807, 2.05) is 84.9 Å². The van der Waals surface area contributed by atoms with E-state index in [0.29, 0.717) is 45.3 Å². The second kappa shape index (κ2) is 11.3. The van der Waals surface area contributed by atoms with E-state index in [1.165, 1.54) is 10.0 Å². The summed E-state index contributed by atoms with van der Waals surface area (Å²) in [5.41, 5.74) is 4.73. The van der Waals surface area contributed by atoms with Crippen LogP contribution in [0.2, 0.25) is 0 Å². The predicted molar refractivity (Wildman–Crippen MR) is 200 cm³/mol. The number of fused-ring (bicyclic) bond motifs is 12. The molecule has 10 heteroatoms. The molecule has 4 aliphatic heterocycles. The van der Waals surface area contributed by atoms with Gasteiger partial charge in [0.25, 0.3) is 11.8 Å². The SMILES string of the molecule is CCN(CC)c1ccc2c(c1)Oc1cc3c(cc1C21c2ccccc2C(=O)N1N)C1(c2ccc(N(CC)CC)cc2O3)c2ccccc2C(=O)N1N. The monoisotopic (exact) mass is 692 g/mol. The van der Waals surface area contributed by atoms with Gasteiger partial charge in [0.2, 0.25) is 0 Å². The Bertz CT molecular complexity index is 2180. The maximum Gasteiger partial charge on any atom is 0.269 e. The molecule has 5 aromatic carbocycles. The van der Waals surface area contributed by atoms with Crippen LogP contribution >= 0.6 is 0 Å². The Morgan fingerprint density at radius 3 is 1.29 bits per heavy atom. The molecular formula is C42H40N6O4. The van der Waals surface area contributed by atoms with Crippen molar-refractivity contribution in [2.24, 2.45) is 11.7 Å². The third kappa shape index (κ3) is 3.85. The van der Waals surface area contributed by atoms with Crippen molar-refractivity contribution in [2.45, 2.75) is 38.8 Å². The number of hydrogen-bond acceptors (Lipinski definition) is 8. The van der Waals surface area contributed by atoms with Crippen LogP contribution in [0.5, 0.6) is 23.0 Å². The number of hydrogen-bond donors (Lipinski definition) is 2. The van der Waals surface area contributed by atoms with E-state index in [2.05, 4.69) is 49.6 Å². The molecule has 0 saturated heterocycles. The molecule has 52 heavy (non-hydrogen) atoms. The summed E-state index contributed by atoms with van der Waals surface area (Å²) in [4.78, 5) is 32.7. The average Bonchev–Trinajstić information content (AvgIpc) is 3.52. The highest BCUT2D eigenvalue weighted by Gasteiger charge is 2.60. The minimum absolute atomic E-state index is 0.304. The number of nitrogens with zero attached hydrogens (tertiary/aromatic N) is 4. The number of benzene rings is 5. The van der Waals surface area contributed by atoms with Gasteiger partial charge in [-0.2, -0.15) is 0 Å². The zero-order valence-electron chi connectivity index (χ0n) is 29.6. The molecule has 9 rings (SSSR count). The van der Waals surface area contributed by atoms with Crippen molar-refractivity contribution in [3.05, 3.63) is 142 Å². The van der Waals surface area contributed by atoms with Gasteiger partial charge in [-0.25, -0.2) is 11.7 Å². The standard InChI is InChI=1S/C42H40N6O4/c1-5-45(6-2)25-17-19-31-35(21-25)51-37-24-38-34(23-33(37)41(31)29-15-11-9-13-27(29)39(49)47(41)43)42(30-16-12-10-14-28(30)40(50)48(42)44)32-20-18-26(22-36(32)52-38)46(7-3)8-4/h9-24H,5-8,43-44H2,1-4H3. The Balaban J connectivity index is 1.37. The number of anilines is 2. The summed E-state index contributed by atoms with van der Waals surface area (Å²) >= 11 is 0. The van der Waals surface area contributed by atoms with Gasteiger partial charge >= 0.3 is 0 Å². The van der Waals surface area contributed by atoms with E-state index < -0.39 is 11.1 Å². The molecule has 10 nitrogen and oxygen atoms in total. The van der Waals surface area contributed by atoms with Gasteiger partial charge in [-0.1, -0.05) is 48.5 Å². The molecule has 4 aliphatic rings. The van der Waals surface area contributed by atoms with Crippen molar-refractivity contribution < 1.29 is 19.1 Å². The fourth-order valence-corrected chi connectivity index (χ4v) is 9.08. The number of amides is 2. The lowest BCUT2D eigenvalue weighted by Gasteiger charge is -2.46. The van der Waals surface area contributed by atoms with Crippen molar-refractivity contribution in [1.29, 1.82) is 0 Å². The first-order valence-corrected chi connectivity index (χ1v) is 18.0. The van der Waals surface area contributed by atoms with Crippen LogP contribution in [0.4, 0.5) is 11.4 Å². The highest BCUT2D eigenvalue weighted by Crippen LogP contribution is 2.62. The Morgan fingerprint density at radius 2 is 0.885 bits per heavy atom. The molecule has 2 amide bonds. The minimum Gasteiger partial charge on any atom is -0.456 e. The van der Waals surface area contributed by atoms with Crippen molar-refractivity contribution in [2.75, 3.05) is 36.0 Å². The minimum atomic E-state index is -1.26. The lowest BCUT2D eigenvalue weighted by molar-refractivity contribution is 0.0662. The summed E-state index contributed by atoms with van der Waals surface area (Å²) in [5.74, 6) is 15.6. The Morgan fingerprint density at radius 1 is 0.500 bits per heavy atom. The molecule has 0 aromatic heterocycles. The maximum atomic E-state index is 14.1. The lowest BCUT2D eigenvalue weighted by atomic mass is 9.70. The molecule has 4 heterocycles. The smallest absolute Gasteiger partial charge is 0.269 e. The number of carbonyl (C=O) groups is 2. The topological polar surface area (TPSA) is 118 Å². The van der Waals surface area contributed by atoms with Crippen molar-refractivity contribution in [1.82, 2.24) is 10.0 Å². The first kappa shape index (κ1) is 32.1. The van der Waals surface area contributed by atoms with Crippen LogP contribution < -0.4 is 31.0 Å². The van der Waals surface area contributed by atoms with Gasteiger partial charge in [-0.3, -0.25) is 19.6 Å². The first-order chi connectivity index (χ1) is 25.2. The molecule has 4 N–H and O–H groups in total. The fraction of sp³-hybridized carbons (Fsp3) is 0.238. The quantitative estimate of drug-likeness (QED) is 0.147. The molecule has 0 aliphatic carbocycles. The van der Waals surface area contributed by atoms with Gasteiger partial charge in [-0.15, -0.1) is 0 Å². The predicted octanol–water partition coefficient (Wildman–Crippen LogP) is 6.83. The molecule has 0 radical (unpaired) electrons. The fourth-order valence-electron chi connectivity index (χ4n) is 9.08. The van der Waals surface area contributed by atoms with Crippen LogP contribution in [-0.2, 0) is 11.1 Å². The Labute approximate surface area is 302 Å². The summed E-state index contributed by atoms with van der Waals surface area (Å²) in [7, 11) is 0.